The molecule has 0 spiro atoms. The van der Waals surface area contributed by atoms with E-state index in [1.54, 1.807) is 0 Å². The zero-order chi connectivity index (χ0) is 19.5. The number of rotatable bonds is 3. The molecule has 0 amide bonds. The third-order valence-electron chi connectivity index (χ3n) is 0.862. The topological polar surface area (TPSA) is 206 Å². The summed E-state index contributed by atoms with van der Waals surface area (Å²) in [5, 5.41) is 27.7. The van der Waals surface area contributed by atoms with Crippen molar-refractivity contribution in [3.63, 3.8) is 0 Å². The quantitative estimate of drug-likeness (QED) is 0.310. The summed E-state index contributed by atoms with van der Waals surface area (Å²) >= 11 is 0. The van der Waals surface area contributed by atoms with Crippen molar-refractivity contribution >= 4 is 48.8 Å². The van der Waals surface area contributed by atoms with Crippen LogP contribution in [0, 0.1) is 0 Å². The Hall–Kier alpha value is -2.62. The van der Waals surface area contributed by atoms with E-state index in [-0.39, 0.29) is 19.5 Å². The molecule has 0 aromatic rings. The molecule has 0 atom stereocenters. The van der Waals surface area contributed by atoms with Crippen LogP contribution in [0.15, 0.2) is 0 Å². The number of carboxylic acids is 3. The van der Waals surface area contributed by atoms with Crippen molar-refractivity contribution in [2.24, 2.45) is 0 Å². The van der Waals surface area contributed by atoms with Crippen molar-refractivity contribution < 1.29 is 73.2 Å². The molecular formula is C11H9O11Rh. The SMILES string of the molecule is CC(=O)C(=O)[O-].CC(=O)C(=O)[O-].CC(=O)C(=O)[O-].[C]=O.[C]=O.[Rh+3]. The van der Waals surface area contributed by atoms with Gasteiger partial charge >= 0.3 is 19.5 Å². The third kappa shape index (κ3) is 66.5. The maximum atomic E-state index is 9.48. The smallest absolute Gasteiger partial charge is 0.542 e. The fourth-order valence-electron chi connectivity index (χ4n) is 0. The van der Waals surface area contributed by atoms with Crippen LogP contribution in [-0.4, -0.2) is 48.8 Å². The number of Topliss-reactive ketones (excluding diaryl/α,β-unsaturated/α-hetero) is 3. The molecule has 0 unspecified atom stereocenters. The summed E-state index contributed by atoms with van der Waals surface area (Å²) in [6.07, 6.45) is 0. The van der Waals surface area contributed by atoms with Crippen molar-refractivity contribution in [3.8, 4) is 0 Å². The number of carboxylic acid groups (broad SMARTS) is 3. The Labute approximate surface area is 143 Å². The third-order valence-corrected chi connectivity index (χ3v) is 0.862. The maximum absolute atomic E-state index is 9.48. The molecule has 0 aliphatic carbocycles. The van der Waals surface area contributed by atoms with E-state index in [9.17, 15) is 44.1 Å². The molecule has 23 heavy (non-hydrogen) atoms. The Balaban J connectivity index is -0.0000000415. The molecule has 0 bridgehead atoms. The summed E-state index contributed by atoms with van der Waals surface area (Å²) < 4.78 is 0. The van der Waals surface area contributed by atoms with Gasteiger partial charge in [0.2, 0.25) is 0 Å². The Kier molecular flexibility index (Phi) is 44.6. The fourth-order valence-corrected chi connectivity index (χ4v) is 0. The number of carbonyl (C=O) groups excluding carboxylic acids is 8. The fraction of sp³-hybridized carbons (Fsp3) is 0.273. The Bertz CT molecular complexity index is 308. The first-order chi connectivity index (χ1) is 9.93. The molecule has 12 heteroatoms. The monoisotopic (exact) mass is 420 g/mol. The predicted molar refractivity (Wildman–Crippen MR) is 58.5 cm³/mol. The number of carbonyl (C=O) groups is 6. The predicted octanol–water partition coefficient (Wildman–Crippen LogP) is -5.82. The van der Waals surface area contributed by atoms with Crippen molar-refractivity contribution in [3.05, 3.63) is 0 Å². The van der Waals surface area contributed by atoms with Gasteiger partial charge in [-0.15, -0.1) is 0 Å². The van der Waals surface area contributed by atoms with E-state index >= 15 is 0 Å². The summed E-state index contributed by atoms with van der Waals surface area (Å²) in [5.74, 6) is -7.69. The van der Waals surface area contributed by atoms with Crippen LogP contribution >= 0.6 is 0 Å². The summed E-state index contributed by atoms with van der Waals surface area (Å²) in [4.78, 5) is 71.2. The van der Waals surface area contributed by atoms with Gasteiger partial charge in [-0.05, 0) is 0 Å². The van der Waals surface area contributed by atoms with Crippen LogP contribution in [0.4, 0.5) is 0 Å². The molecule has 4 radical (unpaired) electrons. The molecule has 11 nitrogen and oxygen atoms in total. The van der Waals surface area contributed by atoms with E-state index in [4.69, 9.17) is 9.59 Å². The van der Waals surface area contributed by atoms with Gasteiger partial charge in [-0.1, -0.05) is 0 Å². The minimum atomic E-state index is -1.63. The van der Waals surface area contributed by atoms with Gasteiger partial charge in [-0.3, -0.25) is 24.0 Å². The van der Waals surface area contributed by atoms with Gasteiger partial charge in [0.15, 0.2) is 17.3 Å². The van der Waals surface area contributed by atoms with Crippen LogP contribution in [0.25, 0.3) is 0 Å². The molecule has 0 fully saturated rings. The number of ketones is 3. The average molecular weight is 420 g/mol. The van der Waals surface area contributed by atoms with Crippen molar-refractivity contribution in [2.75, 3.05) is 0 Å². The molecule has 0 rings (SSSR count). The molecule has 0 aromatic carbocycles. The second-order valence-corrected chi connectivity index (χ2v) is 2.53. The minimum absolute atomic E-state index is 0. The summed E-state index contributed by atoms with van der Waals surface area (Å²) in [7, 11) is 0. The first-order valence-electron chi connectivity index (χ1n) is 4.50. The zero-order valence-electron chi connectivity index (χ0n) is 11.8. The van der Waals surface area contributed by atoms with E-state index in [1.807, 2.05) is 0 Å². The van der Waals surface area contributed by atoms with Gasteiger partial charge in [0, 0.05) is 20.8 Å². The van der Waals surface area contributed by atoms with E-state index in [2.05, 4.69) is 13.6 Å². The molecule has 0 saturated heterocycles. The van der Waals surface area contributed by atoms with Crippen LogP contribution in [-0.2, 0) is 57.8 Å². The molecule has 0 N–H and O–H groups in total. The van der Waals surface area contributed by atoms with Crippen molar-refractivity contribution in [2.45, 2.75) is 20.8 Å². The summed E-state index contributed by atoms with van der Waals surface area (Å²) in [6, 6.07) is 0. The summed E-state index contributed by atoms with van der Waals surface area (Å²) in [6.45, 7) is 11.8. The van der Waals surface area contributed by atoms with Crippen LogP contribution in [0.2, 0.25) is 0 Å². The molecule has 0 aliphatic heterocycles. The number of hydrogen-bond acceptors (Lipinski definition) is 11. The Morgan fingerprint density at radius 2 is 0.565 bits per heavy atom. The molecule has 128 valence electrons. The van der Waals surface area contributed by atoms with Crippen molar-refractivity contribution in [1.29, 1.82) is 0 Å². The molecule has 0 heterocycles. The molecular weight excluding hydrogens is 411 g/mol. The average Bonchev–Trinajstić information content (AvgIpc) is 2.44. The normalized spacial score (nSPS) is 6.22. The standard InChI is InChI=1S/3C3H4O3.2CO.Rh/c3*1-2(4)3(5)6;2*1-2;/h3*1H3,(H,5,6);;;/q;;;;;+3/p-3. The Morgan fingerprint density at radius 3 is 0.565 bits per heavy atom. The van der Waals surface area contributed by atoms with Crippen molar-refractivity contribution in [1.82, 2.24) is 0 Å². The summed E-state index contributed by atoms with van der Waals surface area (Å²) in [5.41, 5.74) is 0. The van der Waals surface area contributed by atoms with Crippen LogP contribution in [0.5, 0.6) is 0 Å². The van der Waals surface area contributed by atoms with Gasteiger partial charge in [0.25, 0.3) is 13.6 Å². The van der Waals surface area contributed by atoms with Gasteiger partial charge in [0.05, 0.1) is 0 Å². The van der Waals surface area contributed by atoms with Gasteiger partial charge in [-0.2, -0.15) is 0 Å². The van der Waals surface area contributed by atoms with Crippen LogP contribution in [0.1, 0.15) is 20.8 Å². The molecule has 0 aliphatic rings. The van der Waals surface area contributed by atoms with Gasteiger partial charge < -0.3 is 29.7 Å². The van der Waals surface area contributed by atoms with Crippen LogP contribution in [0.3, 0.4) is 0 Å². The van der Waals surface area contributed by atoms with E-state index in [0.717, 1.165) is 20.8 Å². The zero-order valence-corrected chi connectivity index (χ0v) is 13.5. The second kappa shape index (κ2) is 27.7. The van der Waals surface area contributed by atoms with Gasteiger partial charge in [-0.25, -0.2) is 0 Å². The van der Waals surface area contributed by atoms with E-state index in [1.165, 1.54) is 0 Å². The number of aliphatic carboxylic acids is 3. The maximum Gasteiger partial charge on any atom is 3.00 e. The number of hydrogen-bond donors (Lipinski definition) is 0. The first kappa shape index (κ1) is 37.0. The first-order valence-corrected chi connectivity index (χ1v) is 4.50. The van der Waals surface area contributed by atoms with Gasteiger partial charge in [0.1, 0.15) is 17.9 Å². The molecule has 0 saturated carbocycles. The second-order valence-electron chi connectivity index (χ2n) is 2.53. The minimum Gasteiger partial charge on any atom is -0.542 e. The van der Waals surface area contributed by atoms with E-state index < -0.39 is 35.3 Å². The molecule has 0 aromatic heterocycles. The van der Waals surface area contributed by atoms with E-state index in [0.29, 0.717) is 0 Å². The van der Waals surface area contributed by atoms with Crippen LogP contribution < -0.4 is 15.3 Å². The Morgan fingerprint density at radius 1 is 0.522 bits per heavy atom. The largest absolute Gasteiger partial charge is 3.00 e.